The van der Waals surface area contributed by atoms with Crippen molar-refractivity contribution in [2.45, 2.75) is 31.8 Å². The van der Waals surface area contributed by atoms with Crippen molar-refractivity contribution in [3.63, 3.8) is 0 Å². The van der Waals surface area contributed by atoms with Crippen LogP contribution in [0.1, 0.15) is 30.1 Å². The second kappa shape index (κ2) is 8.52. The predicted octanol–water partition coefficient (Wildman–Crippen LogP) is 0.953. The molecule has 1 fully saturated rings. The van der Waals surface area contributed by atoms with E-state index in [1.54, 1.807) is 37.5 Å². The maximum Gasteiger partial charge on any atom is 0.500 e. The fourth-order valence-electron chi connectivity index (χ4n) is 3.58. The molecule has 1 atom stereocenters. The highest BCUT2D eigenvalue weighted by atomic mass is 16.5. The number of hydrogen-bond acceptors (Lipinski definition) is 5. The summed E-state index contributed by atoms with van der Waals surface area (Å²) in [6.07, 6.45) is 3.17. The van der Waals surface area contributed by atoms with Gasteiger partial charge in [0.1, 0.15) is 12.0 Å². The molecule has 1 unspecified atom stereocenters. The topological polar surface area (TPSA) is 82.0 Å². The summed E-state index contributed by atoms with van der Waals surface area (Å²) >= 11 is 0. The van der Waals surface area contributed by atoms with Crippen LogP contribution in [0.4, 0.5) is 4.79 Å². The third kappa shape index (κ3) is 4.22. The Balaban J connectivity index is 1.54. The van der Waals surface area contributed by atoms with Gasteiger partial charge in [-0.3, -0.25) is 9.69 Å². The Kier molecular flexibility index (Phi) is 6.08. The van der Waals surface area contributed by atoms with Gasteiger partial charge in [0.15, 0.2) is 6.04 Å². The van der Waals surface area contributed by atoms with Gasteiger partial charge in [-0.15, -0.1) is 0 Å². The van der Waals surface area contributed by atoms with Crippen LogP contribution < -0.4 is 10.1 Å². The van der Waals surface area contributed by atoms with E-state index in [0.29, 0.717) is 25.3 Å². The quantitative estimate of drug-likeness (QED) is 0.761. The molecule has 2 aliphatic rings. The number of hydrogen-bond donors (Lipinski definition) is 1. The Hall–Kier alpha value is -2.74. The molecule has 0 spiro atoms. The van der Waals surface area contributed by atoms with Crippen molar-refractivity contribution in [2.24, 2.45) is 0 Å². The number of likely N-dealkylation sites (tertiary alicyclic amines) is 1. The van der Waals surface area contributed by atoms with Gasteiger partial charge >= 0.3 is 11.9 Å². The van der Waals surface area contributed by atoms with Crippen molar-refractivity contribution in [1.82, 2.24) is 15.1 Å². The van der Waals surface area contributed by atoms with Crippen molar-refractivity contribution in [1.29, 1.82) is 0 Å². The second-order valence-corrected chi connectivity index (χ2v) is 7.13. The molecule has 28 heavy (non-hydrogen) atoms. The number of rotatable bonds is 5. The van der Waals surface area contributed by atoms with Crippen molar-refractivity contribution in [3.8, 4) is 5.75 Å². The Morgan fingerprint density at radius 2 is 1.86 bits per heavy atom. The van der Waals surface area contributed by atoms with Crippen LogP contribution in [0.2, 0.25) is 0 Å². The Morgan fingerprint density at radius 1 is 1.21 bits per heavy atom. The van der Waals surface area contributed by atoms with E-state index in [1.165, 1.54) is 11.6 Å². The van der Waals surface area contributed by atoms with Crippen LogP contribution in [0.15, 0.2) is 24.3 Å². The standard InChI is InChI=1S/C20H26N4O4/c1-4-28-16-7-5-14(6-8-16)18(25)21-15-9-11-24(12-10-15)17-13-22(2)20(27)23(3)19(17)26/h5-8,13,15,17H,4,9-12H2,1-3H3/p+1. The summed E-state index contributed by atoms with van der Waals surface area (Å²) in [5.74, 6) is 0.431. The minimum atomic E-state index is -0.435. The highest BCUT2D eigenvalue weighted by molar-refractivity contribution is 6.06. The van der Waals surface area contributed by atoms with Crippen molar-refractivity contribution in [3.05, 3.63) is 29.8 Å². The molecule has 2 heterocycles. The third-order valence-electron chi connectivity index (χ3n) is 5.22. The number of urea groups is 1. The summed E-state index contributed by atoms with van der Waals surface area (Å²) in [4.78, 5) is 40.0. The van der Waals surface area contributed by atoms with E-state index >= 15 is 0 Å². The summed E-state index contributed by atoms with van der Waals surface area (Å²) in [5.41, 5.74) is 0.600. The average Bonchev–Trinajstić information content (AvgIpc) is 2.70. The van der Waals surface area contributed by atoms with Gasteiger partial charge in [0.25, 0.3) is 5.91 Å². The number of benzene rings is 1. The lowest BCUT2D eigenvalue weighted by Crippen LogP contribution is -2.59. The van der Waals surface area contributed by atoms with E-state index in [9.17, 15) is 14.4 Å². The first kappa shape index (κ1) is 20.0. The minimum Gasteiger partial charge on any atom is -0.494 e. The minimum absolute atomic E-state index is 0.0612. The van der Waals surface area contributed by atoms with E-state index < -0.39 is 6.04 Å². The number of nitrogens with one attached hydrogen (secondary N) is 1. The van der Waals surface area contributed by atoms with Crippen molar-refractivity contribution >= 4 is 24.1 Å². The zero-order valence-electron chi connectivity index (χ0n) is 16.6. The molecule has 8 heteroatoms. The Labute approximate surface area is 164 Å². The van der Waals surface area contributed by atoms with E-state index in [-0.39, 0.29) is 23.9 Å². The molecule has 3 rings (SSSR count). The maximum atomic E-state index is 12.5. The molecule has 1 saturated heterocycles. The lowest BCUT2D eigenvalue weighted by Gasteiger charge is -2.36. The number of amides is 4. The third-order valence-corrected chi connectivity index (χ3v) is 5.22. The zero-order valence-corrected chi connectivity index (χ0v) is 16.6. The second-order valence-electron chi connectivity index (χ2n) is 7.13. The number of ether oxygens (including phenoxy) is 1. The van der Waals surface area contributed by atoms with Crippen molar-refractivity contribution < 1.29 is 23.7 Å². The lowest BCUT2D eigenvalue weighted by atomic mass is 10.0. The van der Waals surface area contributed by atoms with Gasteiger partial charge in [0, 0.05) is 24.7 Å². The van der Waals surface area contributed by atoms with Gasteiger partial charge in [-0.2, -0.15) is 9.69 Å². The van der Waals surface area contributed by atoms with Gasteiger partial charge in [-0.25, -0.2) is 9.37 Å². The number of likely N-dealkylation sites (N-methyl/N-ethyl adjacent to an activating group) is 1. The van der Waals surface area contributed by atoms with E-state index in [4.69, 9.17) is 4.74 Å². The molecule has 0 aliphatic carbocycles. The fraction of sp³-hybridized carbons (Fsp3) is 0.500. The highest BCUT2D eigenvalue weighted by Crippen LogP contribution is 2.17. The SMILES string of the molecule is CCOc1ccc(C(=O)NC2CCN(C3C=[N+](C)C(=O)N(C)C3=O)CC2)cc1. The normalized spacial score (nSPS) is 21.5. The molecule has 0 bridgehead atoms. The Morgan fingerprint density at radius 3 is 2.46 bits per heavy atom. The predicted molar refractivity (Wildman–Crippen MR) is 104 cm³/mol. The first-order chi connectivity index (χ1) is 13.4. The summed E-state index contributed by atoms with van der Waals surface area (Å²) in [7, 11) is 3.16. The fourth-order valence-corrected chi connectivity index (χ4v) is 3.58. The first-order valence-corrected chi connectivity index (χ1v) is 9.57. The molecule has 1 N–H and O–H groups in total. The summed E-state index contributed by atoms with van der Waals surface area (Å²) in [6.45, 7) is 3.86. The zero-order chi connectivity index (χ0) is 20.3. The number of carbonyl (C=O) groups excluding carboxylic acids is 3. The summed E-state index contributed by atoms with van der Waals surface area (Å²) in [6, 6.07) is 6.40. The van der Waals surface area contributed by atoms with E-state index in [2.05, 4.69) is 10.2 Å². The van der Waals surface area contributed by atoms with Crippen LogP contribution in [0.25, 0.3) is 0 Å². The van der Waals surface area contributed by atoms with Crippen LogP contribution in [0, 0.1) is 0 Å². The summed E-state index contributed by atoms with van der Waals surface area (Å²) in [5, 5.41) is 3.07. The smallest absolute Gasteiger partial charge is 0.494 e. The molecule has 8 nitrogen and oxygen atoms in total. The molecular formula is C20H27N4O4+. The van der Waals surface area contributed by atoms with Gasteiger partial charge in [-0.1, -0.05) is 0 Å². The van der Waals surface area contributed by atoms with Crippen molar-refractivity contribution in [2.75, 3.05) is 33.8 Å². The maximum absolute atomic E-state index is 12.5. The molecule has 150 valence electrons. The van der Waals surface area contributed by atoms with Gasteiger partial charge in [0.2, 0.25) is 0 Å². The summed E-state index contributed by atoms with van der Waals surface area (Å²) < 4.78 is 6.84. The number of carbonyl (C=O) groups is 3. The molecule has 0 aromatic heterocycles. The lowest BCUT2D eigenvalue weighted by molar-refractivity contribution is -0.401. The molecule has 2 aliphatic heterocycles. The number of imide groups is 1. The number of nitrogens with zero attached hydrogens (tertiary/aromatic N) is 3. The molecule has 0 radical (unpaired) electrons. The van der Waals surface area contributed by atoms with Crippen LogP contribution in [-0.2, 0) is 4.79 Å². The van der Waals surface area contributed by atoms with Gasteiger partial charge in [-0.05, 0) is 44.0 Å². The van der Waals surface area contributed by atoms with Crippen LogP contribution in [0.3, 0.4) is 0 Å². The van der Waals surface area contributed by atoms with Crippen LogP contribution >= 0.6 is 0 Å². The van der Waals surface area contributed by atoms with Gasteiger partial charge < -0.3 is 10.1 Å². The van der Waals surface area contributed by atoms with E-state index in [1.807, 2.05) is 6.92 Å². The monoisotopic (exact) mass is 387 g/mol. The van der Waals surface area contributed by atoms with Crippen LogP contribution in [-0.4, -0.2) is 84.3 Å². The molecule has 0 saturated carbocycles. The largest absolute Gasteiger partial charge is 0.500 e. The van der Waals surface area contributed by atoms with Crippen LogP contribution in [0.5, 0.6) is 5.75 Å². The molecule has 4 amide bonds. The highest BCUT2D eigenvalue weighted by Gasteiger charge is 2.42. The molecular weight excluding hydrogens is 360 g/mol. The molecule has 1 aromatic rings. The number of piperidine rings is 1. The van der Waals surface area contributed by atoms with E-state index in [0.717, 1.165) is 23.5 Å². The van der Waals surface area contributed by atoms with Gasteiger partial charge in [0.05, 0.1) is 20.7 Å². The Bertz CT molecular complexity index is 782. The first-order valence-electron chi connectivity index (χ1n) is 9.57. The molecule has 1 aromatic carbocycles. The average molecular weight is 387 g/mol.